The summed E-state index contributed by atoms with van der Waals surface area (Å²) in [7, 11) is 1.60. The smallest absolute Gasteiger partial charge is 0.259 e. The van der Waals surface area contributed by atoms with Crippen molar-refractivity contribution >= 4 is 5.91 Å². The number of fused-ring (bicyclic) bond motifs is 1. The Bertz CT molecular complexity index is 843. The average Bonchev–Trinajstić information content (AvgIpc) is 3.35. The van der Waals surface area contributed by atoms with Gasteiger partial charge >= 0.3 is 0 Å². The Balaban J connectivity index is 1.58. The molecule has 0 radical (unpaired) electrons. The second-order valence-corrected chi connectivity index (χ2v) is 7.88. The molecule has 1 saturated heterocycles. The van der Waals surface area contributed by atoms with Gasteiger partial charge in [0.15, 0.2) is 0 Å². The van der Waals surface area contributed by atoms with Crippen molar-refractivity contribution in [3.05, 3.63) is 41.1 Å². The van der Waals surface area contributed by atoms with E-state index in [2.05, 4.69) is 28.4 Å². The van der Waals surface area contributed by atoms with Gasteiger partial charge in [-0.3, -0.25) is 4.79 Å². The normalized spacial score (nSPS) is 19.4. The summed E-state index contributed by atoms with van der Waals surface area (Å²) in [6, 6.07) is 2.38. The summed E-state index contributed by atoms with van der Waals surface area (Å²) in [6.07, 6.45) is 9.03. The maximum Gasteiger partial charge on any atom is 0.259 e. The first-order chi connectivity index (χ1) is 13.1. The summed E-state index contributed by atoms with van der Waals surface area (Å²) in [5.41, 5.74) is 2.88. The molecule has 27 heavy (non-hydrogen) atoms. The summed E-state index contributed by atoms with van der Waals surface area (Å²) in [5, 5.41) is 0. The third-order valence-electron chi connectivity index (χ3n) is 5.77. The Morgan fingerprint density at radius 2 is 2.15 bits per heavy atom. The lowest BCUT2D eigenvalue weighted by molar-refractivity contribution is 0.0698. The highest BCUT2D eigenvalue weighted by atomic mass is 16.5. The van der Waals surface area contributed by atoms with Crippen molar-refractivity contribution in [3.8, 4) is 5.88 Å². The quantitative estimate of drug-likeness (QED) is 0.830. The number of imidazole rings is 1. The zero-order valence-corrected chi connectivity index (χ0v) is 16.4. The maximum absolute atomic E-state index is 13.3. The maximum atomic E-state index is 13.3. The van der Waals surface area contributed by atoms with Crippen molar-refractivity contribution in [1.29, 1.82) is 0 Å². The second kappa shape index (κ2) is 7.33. The Morgan fingerprint density at radius 3 is 2.93 bits per heavy atom. The van der Waals surface area contributed by atoms with Gasteiger partial charge in [0.2, 0.25) is 5.88 Å². The number of rotatable bonds is 4. The third-order valence-corrected chi connectivity index (χ3v) is 5.77. The van der Waals surface area contributed by atoms with E-state index in [1.54, 1.807) is 7.11 Å². The molecule has 6 nitrogen and oxygen atoms in total. The van der Waals surface area contributed by atoms with Crippen molar-refractivity contribution < 1.29 is 9.53 Å². The molecule has 0 bridgehead atoms. The van der Waals surface area contributed by atoms with Crippen LogP contribution in [0.25, 0.3) is 0 Å². The number of aryl methyl sites for hydroxylation is 2. The summed E-state index contributed by atoms with van der Waals surface area (Å²) in [5.74, 6) is 1.85. The molecule has 0 unspecified atom stereocenters. The van der Waals surface area contributed by atoms with Gasteiger partial charge in [-0.25, -0.2) is 9.97 Å². The van der Waals surface area contributed by atoms with Gasteiger partial charge in [0, 0.05) is 43.1 Å². The number of aromatic nitrogens is 3. The molecule has 1 atom stereocenters. The van der Waals surface area contributed by atoms with E-state index >= 15 is 0 Å². The van der Waals surface area contributed by atoms with E-state index in [0.29, 0.717) is 24.0 Å². The Labute approximate surface area is 160 Å². The van der Waals surface area contributed by atoms with Gasteiger partial charge < -0.3 is 14.2 Å². The van der Waals surface area contributed by atoms with E-state index in [4.69, 9.17) is 4.74 Å². The van der Waals surface area contributed by atoms with Crippen LogP contribution in [0.4, 0.5) is 0 Å². The molecule has 2 aliphatic rings. The number of nitrogens with zero attached hydrogens (tertiary/aromatic N) is 4. The van der Waals surface area contributed by atoms with Crippen LogP contribution in [0.3, 0.4) is 0 Å². The highest BCUT2D eigenvalue weighted by Gasteiger charge is 2.31. The van der Waals surface area contributed by atoms with Crippen molar-refractivity contribution in [1.82, 2.24) is 19.4 Å². The van der Waals surface area contributed by atoms with Gasteiger partial charge in [0.25, 0.3) is 5.91 Å². The van der Waals surface area contributed by atoms with Crippen molar-refractivity contribution in [2.45, 2.75) is 57.9 Å². The van der Waals surface area contributed by atoms with Gasteiger partial charge in [0.05, 0.1) is 7.11 Å². The van der Waals surface area contributed by atoms with Crippen molar-refractivity contribution in [2.75, 3.05) is 20.2 Å². The van der Waals surface area contributed by atoms with Crippen LogP contribution >= 0.6 is 0 Å². The summed E-state index contributed by atoms with van der Waals surface area (Å²) < 4.78 is 7.68. The lowest BCUT2D eigenvalue weighted by Gasteiger charge is -2.33. The molecule has 1 aliphatic heterocycles. The topological polar surface area (TPSA) is 60.2 Å². The van der Waals surface area contributed by atoms with E-state index in [0.717, 1.165) is 50.2 Å². The average molecular weight is 368 g/mol. The molecule has 0 spiro atoms. The number of hydrogen-bond donors (Lipinski definition) is 0. The predicted molar refractivity (Wildman–Crippen MR) is 103 cm³/mol. The van der Waals surface area contributed by atoms with Crippen LogP contribution in [0.1, 0.15) is 72.5 Å². The zero-order valence-electron chi connectivity index (χ0n) is 16.4. The largest absolute Gasteiger partial charge is 0.480 e. The number of piperidine rings is 1. The fourth-order valence-corrected chi connectivity index (χ4v) is 4.38. The van der Waals surface area contributed by atoms with Crippen LogP contribution in [0.15, 0.2) is 18.5 Å². The SMILES string of the molecule is COc1nc2c(cc1C(=O)N1CCC[C@@H](c3nccn3C(C)C)C1)CCC2. The molecule has 1 amide bonds. The number of hydrogen-bond acceptors (Lipinski definition) is 4. The molecule has 1 aliphatic carbocycles. The number of amides is 1. The van der Waals surface area contributed by atoms with Crippen LogP contribution in [0, 0.1) is 0 Å². The fourth-order valence-electron chi connectivity index (χ4n) is 4.38. The minimum absolute atomic E-state index is 0.0291. The monoisotopic (exact) mass is 368 g/mol. The third kappa shape index (κ3) is 3.33. The minimum atomic E-state index is 0.0291. The summed E-state index contributed by atoms with van der Waals surface area (Å²) in [6.45, 7) is 5.80. The van der Waals surface area contributed by atoms with Crippen LogP contribution < -0.4 is 4.74 Å². The van der Waals surface area contributed by atoms with Gasteiger partial charge in [-0.1, -0.05) is 0 Å². The fraction of sp³-hybridized carbons (Fsp3) is 0.571. The van der Waals surface area contributed by atoms with Crippen LogP contribution in [-0.2, 0) is 12.8 Å². The Kier molecular flexibility index (Phi) is 4.89. The van der Waals surface area contributed by atoms with E-state index < -0.39 is 0 Å². The Morgan fingerprint density at radius 1 is 1.30 bits per heavy atom. The molecular weight excluding hydrogens is 340 g/mol. The molecule has 1 fully saturated rings. The predicted octanol–water partition coefficient (Wildman–Crippen LogP) is 3.38. The van der Waals surface area contributed by atoms with E-state index in [9.17, 15) is 4.79 Å². The molecule has 3 heterocycles. The van der Waals surface area contributed by atoms with E-state index in [1.807, 2.05) is 23.4 Å². The van der Waals surface area contributed by atoms with Gasteiger partial charge in [0.1, 0.15) is 11.4 Å². The van der Waals surface area contributed by atoms with E-state index in [1.165, 1.54) is 5.56 Å². The van der Waals surface area contributed by atoms with Gasteiger partial charge in [-0.15, -0.1) is 0 Å². The van der Waals surface area contributed by atoms with Gasteiger partial charge in [-0.05, 0) is 57.6 Å². The molecule has 2 aromatic heterocycles. The first kappa shape index (κ1) is 18.0. The molecule has 2 aromatic rings. The van der Waals surface area contributed by atoms with Crippen LogP contribution in [0.2, 0.25) is 0 Å². The van der Waals surface area contributed by atoms with Gasteiger partial charge in [-0.2, -0.15) is 0 Å². The molecule has 0 aromatic carbocycles. The van der Waals surface area contributed by atoms with Crippen LogP contribution in [-0.4, -0.2) is 45.5 Å². The molecular formula is C21H28N4O2. The standard InChI is InChI=1S/C21H28N4O2/c1-14(2)25-11-9-22-19(25)16-7-5-10-24(13-16)21(26)17-12-15-6-4-8-18(15)23-20(17)27-3/h9,11-12,14,16H,4-8,10,13H2,1-3H3/t16-/m1/s1. The number of carbonyl (C=O) groups excluding carboxylic acids is 1. The minimum Gasteiger partial charge on any atom is -0.480 e. The second-order valence-electron chi connectivity index (χ2n) is 7.88. The lowest BCUT2D eigenvalue weighted by Crippen LogP contribution is -2.40. The highest BCUT2D eigenvalue weighted by Crippen LogP contribution is 2.31. The summed E-state index contributed by atoms with van der Waals surface area (Å²) in [4.78, 5) is 24.4. The zero-order chi connectivity index (χ0) is 19.0. The highest BCUT2D eigenvalue weighted by molar-refractivity contribution is 5.96. The molecule has 0 saturated carbocycles. The number of pyridine rings is 1. The molecule has 4 rings (SSSR count). The van der Waals surface area contributed by atoms with Crippen molar-refractivity contribution in [3.63, 3.8) is 0 Å². The number of ether oxygens (including phenoxy) is 1. The van der Waals surface area contributed by atoms with Crippen molar-refractivity contribution in [2.24, 2.45) is 0 Å². The summed E-state index contributed by atoms with van der Waals surface area (Å²) >= 11 is 0. The molecule has 6 heteroatoms. The number of carbonyl (C=O) groups is 1. The molecule has 144 valence electrons. The Hall–Kier alpha value is -2.37. The lowest BCUT2D eigenvalue weighted by atomic mass is 9.96. The van der Waals surface area contributed by atoms with Crippen LogP contribution in [0.5, 0.6) is 5.88 Å². The molecule has 0 N–H and O–H groups in total. The first-order valence-corrected chi connectivity index (χ1v) is 9.97. The first-order valence-electron chi connectivity index (χ1n) is 9.97. The van der Waals surface area contributed by atoms with E-state index in [-0.39, 0.29) is 11.8 Å². The number of methoxy groups -OCH3 is 1. The number of likely N-dealkylation sites (tertiary alicyclic amines) is 1.